The summed E-state index contributed by atoms with van der Waals surface area (Å²) in [5, 5.41) is 0. The second-order valence-corrected chi connectivity index (χ2v) is 1.37. The largest absolute Gasteiger partial charge is 0.242 e. The van der Waals surface area contributed by atoms with Crippen molar-refractivity contribution in [1.82, 2.24) is 0 Å². The summed E-state index contributed by atoms with van der Waals surface area (Å²) in [4.78, 5) is 7.66. The Kier molecular flexibility index (Phi) is 30.7. The molecule has 0 fully saturated rings. The number of nitrogens with zero attached hydrogens (tertiary/aromatic N) is 2. The molecule has 0 N–H and O–H groups in total. The second-order valence-electron chi connectivity index (χ2n) is 1.37. The van der Waals surface area contributed by atoms with Crippen LogP contribution >= 0.6 is 0 Å². The summed E-state index contributed by atoms with van der Waals surface area (Å²) < 4.78 is 0. The maximum atomic E-state index is 3.87. The molecule has 0 aromatic rings. The van der Waals surface area contributed by atoms with Crippen LogP contribution in [0.4, 0.5) is 0 Å². The van der Waals surface area contributed by atoms with Crippen molar-refractivity contribution in [3.05, 3.63) is 25.4 Å². The molecule has 0 saturated heterocycles. The molecule has 0 radical (unpaired) electrons. The lowest BCUT2D eigenvalue weighted by atomic mass is 10.6. The van der Waals surface area contributed by atoms with Gasteiger partial charge in [-0.2, -0.15) is 0 Å². The minimum absolute atomic E-state index is 0.685. The average molecular weight is 182 g/mol. The molecule has 2 nitrogen and oxygen atoms in total. The Hall–Kier alpha value is -1.18. The first kappa shape index (κ1) is 17.8. The van der Waals surface area contributed by atoms with E-state index in [9.17, 15) is 0 Å². The fourth-order valence-electron chi connectivity index (χ4n) is 0.326. The number of rotatable bonds is 2. The van der Waals surface area contributed by atoms with E-state index in [-0.39, 0.29) is 0 Å². The van der Waals surface area contributed by atoms with Crippen LogP contribution in [-0.4, -0.2) is 12.1 Å². The van der Waals surface area contributed by atoms with Crippen molar-refractivity contribution >= 4 is 12.1 Å². The topological polar surface area (TPSA) is 24.7 Å². The molecule has 0 rings (SSSR count). The van der Waals surface area contributed by atoms with Crippen molar-refractivity contribution in [3.8, 4) is 0 Å². The van der Waals surface area contributed by atoms with Gasteiger partial charge >= 0.3 is 0 Å². The standard InChI is InChI=1S/C7H10N2.2C2H6/c1-4-6-9-7(3)8-5-2;2*1-2/h4-6H,1-2H2,3H3;2*1-2H3. The maximum absolute atomic E-state index is 3.87. The number of aliphatic imine (C=N–C) groups is 2. The van der Waals surface area contributed by atoms with Gasteiger partial charge in [0, 0.05) is 12.4 Å². The highest BCUT2D eigenvalue weighted by molar-refractivity contribution is 5.90. The van der Waals surface area contributed by atoms with Crippen molar-refractivity contribution in [1.29, 1.82) is 0 Å². The summed E-state index contributed by atoms with van der Waals surface area (Å²) in [6, 6.07) is 0. The van der Waals surface area contributed by atoms with Gasteiger partial charge in [0.25, 0.3) is 0 Å². The Morgan fingerprint density at radius 1 is 1.08 bits per heavy atom. The van der Waals surface area contributed by atoms with Gasteiger partial charge in [0.05, 0.1) is 0 Å². The van der Waals surface area contributed by atoms with Gasteiger partial charge in [-0.1, -0.05) is 46.9 Å². The Balaban J connectivity index is -0.000000218. The quantitative estimate of drug-likeness (QED) is 0.457. The molecule has 76 valence electrons. The predicted molar refractivity (Wildman–Crippen MR) is 64.7 cm³/mol. The zero-order valence-corrected chi connectivity index (χ0v) is 9.54. The fraction of sp³-hybridized carbons (Fsp3) is 0.455. The molecule has 0 bridgehead atoms. The van der Waals surface area contributed by atoms with E-state index in [1.165, 1.54) is 6.20 Å². The van der Waals surface area contributed by atoms with Crippen molar-refractivity contribution < 1.29 is 0 Å². The van der Waals surface area contributed by atoms with Crippen LogP contribution in [0.3, 0.4) is 0 Å². The number of amidine groups is 1. The third kappa shape index (κ3) is 24.8. The van der Waals surface area contributed by atoms with Gasteiger partial charge in [-0.05, 0) is 6.92 Å². The molecule has 13 heavy (non-hydrogen) atoms. The molecule has 0 spiro atoms. The second kappa shape index (κ2) is 22.4. The Morgan fingerprint density at radius 3 is 1.85 bits per heavy atom. The minimum Gasteiger partial charge on any atom is -0.242 e. The van der Waals surface area contributed by atoms with Gasteiger partial charge in [-0.3, -0.25) is 0 Å². The van der Waals surface area contributed by atoms with Crippen molar-refractivity contribution in [2.75, 3.05) is 0 Å². The van der Waals surface area contributed by atoms with Gasteiger partial charge in [-0.25, -0.2) is 9.98 Å². The van der Waals surface area contributed by atoms with Crippen LogP contribution in [0.15, 0.2) is 35.4 Å². The van der Waals surface area contributed by atoms with E-state index in [2.05, 4.69) is 23.1 Å². The highest BCUT2D eigenvalue weighted by atomic mass is 14.9. The average Bonchev–Trinajstić information content (AvgIpc) is 2.21. The molecule has 2 heteroatoms. The molecule has 0 aromatic heterocycles. The van der Waals surface area contributed by atoms with Crippen molar-refractivity contribution in [3.63, 3.8) is 0 Å². The molecule has 0 aromatic carbocycles. The zero-order chi connectivity index (χ0) is 11.1. The van der Waals surface area contributed by atoms with Crippen LogP contribution in [0.5, 0.6) is 0 Å². The normalized spacial score (nSPS) is 9.15. The Morgan fingerprint density at radius 2 is 1.54 bits per heavy atom. The van der Waals surface area contributed by atoms with E-state index >= 15 is 0 Å². The minimum atomic E-state index is 0.685. The van der Waals surface area contributed by atoms with E-state index in [4.69, 9.17) is 0 Å². The van der Waals surface area contributed by atoms with Gasteiger partial charge in [-0.15, -0.1) is 0 Å². The summed E-state index contributed by atoms with van der Waals surface area (Å²) in [6.45, 7) is 16.7. The molecule has 0 aliphatic carbocycles. The third-order valence-electron chi connectivity index (χ3n) is 0.645. The van der Waals surface area contributed by atoms with Gasteiger partial charge in [0.2, 0.25) is 0 Å². The van der Waals surface area contributed by atoms with E-state index in [0.29, 0.717) is 5.84 Å². The first-order valence-electron chi connectivity index (χ1n) is 4.61. The van der Waals surface area contributed by atoms with Crippen LogP contribution in [0.1, 0.15) is 34.6 Å². The number of hydrogen-bond acceptors (Lipinski definition) is 1. The van der Waals surface area contributed by atoms with Gasteiger partial charge < -0.3 is 0 Å². The van der Waals surface area contributed by atoms with Crippen molar-refractivity contribution in [2.45, 2.75) is 34.6 Å². The third-order valence-corrected chi connectivity index (χ3v) is 0.645. The summed E-state index contributed by atoms with van der Waals surface area (Å²) in [5.74, 6) is 0.685. The fourth-order valence-corrected chi connectivity index (χ4v) is 0.326. The van der Waals surface area contributed by atoms with Crippen LogP contribution in [-0.2, 0) is 0 Å². The Labute approximate surface area is 82.8 Å². The summed E-state index contributed by atoms with van der Waals surface area (Å²) >= 11 is 0. The van der Waals surface area contributed by atoms with Gasteiger partial charge in [0.15, 0.2) is 0 Å². The maximum Gasteiger partial charge on any atom is 0.125 e. The summed E-state index contributed by atoms with van der Waals surface area (Å²) in [6.07, 6.45) is 4.64. The molecule has 0 atom stereocenters. The number of allylic oxidation sites excluding steroid dienone is 1. The van der Waals surface area contributed by atoms with Crippen LogP contribution < -0.4 is 0 Å². The summed E-state index contributed by atoms with van der Waals surface area (Å²) in [5.41, 5.74) is 0. The van der Waals surface area contributed by atoms with E-state index in [1.807, 2.05) is 27.7 Å². The van der Waals surface area contributed by atoms with E-state index in [1.54, 1.807) is 19.2 Å². The lowest BCUT2D eigenvalue weighted by Crippen LogP contribution is -1.82. The molecule has 0 aliphatic heterocycles. The monoisotopic (exact) mass is 182 g/mol. The molecule has 0 amide bonds. The molecule has 0 aliphatic rings. The zero-order valence-electron chi connectivity index (χ0n) is 9.54. The lowest BCUT2D eigenvalue weighted by molar-refractivity contribution is 1.48. The van der Waals surface area contributed by atoms with Crippen molar-refractivity contribution in [2.24, 2.45) is 9.98 Å². The van der Waals surface area contributed by atoms with E-state index in [0.717, 1.165) is 0 Å². The first-order valence-corrected chi connectivity index (χ1v) is 4.61. The highest BCUT2D eigenvalue weighted by Crippen LogP contribution is 1.78. The van der Waals surface area contributed by atoms with E-state index < -0.39 is 0 Å². The summed E-state index contributed by atoms with van der Waals surface area (Å²) in [7, 11) is 0. The molecular formula is C11H22N2. The smallest absolute Gasteiger partial charge is 0.125 e. The SMILES string of the molecule is C=CC=NC(C)=NC=C.CC.CC. The van der Waals surface area contributed by atoms with Crippen LogP contribution in [0.25, 0.3) is 0 Å². The molecular weight excluding hydrogens is 160 g/mol. The number of hydrogen-bond donors (Lipinski definition) is 0. The molecule has 0 saturated carbocycles. The lowest BCUT2D eigenvalue weighted by Gasteiger charge is -1.82. The Bertz CT molecular complexity index is 155. The van der Waals surface area contributed by atoms with Crippen LogP contribution in [0, 0.1) is 0 Å². The predicted octanol–water partition coefficient (Wildman–Crippen LogP) is 3.86. The molecule has 0 unspecified atom stereocenters. The first-order chi connectivity index (χ1) is 6.31. The van der Waals surface area contributed by atoms with Gasteiger partial charge in [0.1, 0.15) is 5.84 Å². The van der Waals surface area contributed by atoms with Crippen LogP contribution in [0.2, 0.25) is 0 Å². The molecule has 0 heterocycles. The highest BCUT2D eigenvalue weighted by Gasteiger charge is 1.75.